The van der Waals surface area contributed by atoms with Gasteiger partial charge in [-0.25, -0.2) is 9.98 Å². The lowest BCUT2D eigenvalue weighted by Crippen LogP contribution is -2.38. The molecule has 150 valence electrons. The standard InChI is InChI=1S/C20H24N4O2S.HI/c1-4-21-20(24(2)13-15-8-5-6-9-17(15)25-3)22-12-16-14-26-19(23-16)18-10-7-11-27-18;/h5-11,14H,4,12-13H2,1-3H3,(H,21,22);1H. The van der Waals surface area contributed by atoms with Crippen LogP contribution in [0.2, 0.25) is 0 Å². The zero-order chi connectivity index (χ0) is 19.1. The topological polar surface area (TPSA) is 62.9 Å². The van der Waals surface area contributed by atoms with Crippen LogP contribution in [0.3, 0.4) is 0 Å². The Labute approximate surface area is 186 Å². The highest BCUT2D eigenvalue weighted by atomic mass is 127. The van der Waals surface area contributed by atoms with Crippen molar-refractivity contribution < 1.29 is 9.15 Å². The summed E-state index contributed by atoms with van der Waals surface area (Å²) in [5, 5.41) is 5.33. The summed E-state index contributed by atoms with van der Waals surface area (Å²) in [5.74, 6) is 2.32. The quantitative estimate of drug-likeness (QED) is 0.284. The van der Waals surface area contributed by atoms with Crippen molar-refractivity contribution in [1.82, 2.24) is 15.2 Å². The van der Waals surface area contributed by atoms with Crippen LogP contribution in [0.25, 0.3) is 10.8 Å². The minimum Gasteiger partial charge on any atom is -0.496 e. The molecule has 0 fully saturated rings. The maximum absolute atomic E-state index is 5.57. The highest BCUT2D eigenvalue weighted by molar-refractivity contribution is 14.0. The summed E-state index contributed by atoms with van der Waals surface area (Å²) in [6.45, 7) is 3.98. The Morgan fingerprint density at radius 2 is 2.11 bits per heavy atom. The van der Waals surface area contributed by atoms with Crippen LogP contribution in [0.1, 0.15) is 18.2 Å². The minimum absolute atomic E-state index is 0. The fourth-order valence-corrected chi connectivity index (χ4v) is 3.34. The molecule has 0 amide bonds. The summed E-state index contributed by atoms with van der Waals surface area (Å²) < 4.78 is 11.0. The Hall–Kier alpha value is -2.07. The number of aliphatic imine (C=N–C) groups is 1. The van der Waals surface area contributed by atoms with Crippen molar-refractivity contribution in [2.24, 2.45) is 4.99 Å². The van der Waals surface area contributed by atoms with Gasteiger partial charge < -0.3 is 19.4 Å². The van der Waals surface area contributed by atoms with Gasteiger partial charge >= 0.3 is 0 Å². The normalized spacial score (nSPS) is 11.0. The molecule has 0 aliphatic rings. The SMILES string of the molecule is CCNC(=NCc1coc(-c2cccs2)n1)N(C)Cc1ccccc1OC.I. The van der Waals surface area contributed by atoms with Gasteiger partial charge in [0.2, 0.25) is 5.89 Å². The molecule has 0 unspecified atom stereocenters. The van der Waals surface area contributed by atoms with E-state index in [9.17, 15) is 0 Å². The fourth-order valence-electron chi connectivity index (χ4n) is 2.68. The van der Waals surface area contributed by atoms with Crippen LogP contribution in [-0.4, -0.2) is 36.5 Å². The van der Waals surface area contributed by atoms with Crippen molar-refractivity contribution in [3.8, 4) is 16.5 Å². The highest BCUT2D eigenvalue weighted by Gasteiger charge is 2.11. The van der Waals surface area contributed by atoms with E-state index in [1.165, 1.54) is 0 Å². The summed E-state index contributed by atoms with van der Waals surface area (Å²) in [7, 11) is 3.70. The van der Waals surface area contributed by atoms with E-state index in [0.717, 1.165) is 34.4 Å². The van der Waals surface area contributed by atoms with Crippen LogP contribution >= 0.6 is 35.3 Å². The van der Waals surface area contributed by atoms with Gasteiger partial charge in [-0.3, -0.25) is 0 Å². The molecule has 8 heteroatoms. The second-order valence-corrected chi connectivity index (χ2v) is 6.91. The number of halogens is 1. The first kappa shape index (κ1) is 22.2. The Morgan fingerprint density at radius 3 is 2.82 bits per heavy atom. The highest BCUT2D eigenvalue weighted by Crippen LogP contribution is 2.24. The summed E-state index contributed by atoms with van der Waals surface area (Å²) in [6.07, 6.45) is 1.67. The van der Waals surface area contributed by atoms with Crippen LogP contribution in [0.4, 0.5) is 0 Å². The first-order valence-corrected chi connectivity index (χ1v) is 9.68. The number of aromatic nitrogens is 1. The number of hydrogen-bond acceptors (Lipinski definition) is 5. The van der Waals surface area contributed by atoms with Gasteiger partial charge in [-0.1, -0.05) is 24.3 Å². The van der Waals surface area contributed by atoms with Gasteiger partial charge in [-0.2, -0.15) is 0 Å². The first-order chi connectivity index (χ1) is 13.2. The number of para-hydroxylation sites is 1. The number of ether oxygens (including phenoxy) is 1. The predicted molar refractivity (Wildman–Crippen MR) is 125 cm³/mol. The summed E-state index contributed by atoms with van der Waals surface area (Å²) in [4.78, 5) is 12.3. The Balaban J connectivity index is 0.00000280. The second-order valence-electron chi connectivity index (χ2n) is 5.96. The van der Waals surface area contributed by atoms with E-state index in [2.05, 4.69) is 28.2 Å². The van der Waals surface area contributed by atoms with Crippen LogP contribution in [0.15, 0.2) is 57.5 Å². The number of rotatable bonds is 7. The smallest absolute Gasteiger partial charge is 0.236 e. The molecule has 1 aromatic carbocycles. The van der Waals surface area contributed by atoms with Gasteiger partial charge in [0.25, 0.3) is 0 Å². The molecule has 1 N–H and O–H groups in total. The van der Waals surface area contributed by atoms with E-state index >= 15 is 0 Å². The summed E-state index contributed by atoms with van der Waals surface area (Å²) in [6, 6.07) is 12.0. The van der Waals surface area contributed by atoms with Gasteiger partial charge in [0, 0.05) is 25.7 Å². The summed E-state index contributed by atoms with van der Waals surface area (Å²) in [5.41, 5.74) is 1.91. The number of methoxy groups -OCH3 is 1. The summed E-state index contributed by atoms with van der Waals surface area (Å²) >= 11 is 1.61. The van der Waals surface area contributed by atoms with Crippen LogP contribution in [0, 0.1) is 0 Å². The number of guanidine groups is 1. The molecule has 2 heterocycles. The molecule has 0 aliphatic heterocycles. The molecule has 6 nitrogen and oxygen atoms in total. The molecule has 3 aromatic rings. The van der Waals surface area contributed by atoms with E-state index in [4.69, 9.17) is 14.1 Å². The van der Waals surface area contributed by atoms with Crippen molar-refractivity contribution in [1.29, 1.82) is 0 Å². The lowest BCUT2D eigenvalue weighted by Gasteiger charge is -2.23. The van der Waals surface area contributed by atoms with E-state index in [-0.39, 0.29) is 24.0 Å². The van der Waals surface area contributed by atoms with E-state index < -0.39 is 0 Å². The molecule has 0 spiro atoms. The zero-order valence-corrected chi connectivity index (χ0v) is 19.4. The van der Waals surface area contributed by atoms with Gasteiger partial charge in [0.1, 0.15) is 17.7 Å². The van der Waals surface area contributed by atoms with Gasteiger partial charge in [-0.05, 0) is 24.4 Å². The van der Waals surface area contributed by atoms with E-state index in [0.29, 0.717) is 19.0 Å². The first-order valence-electron chi connectivity index (χ1n) is 8.81. The Bertz CT molecular complexity index is 880. The number of thiophene rings is 1. The number of nitrogens with one attached hydrogen (secondary N) is 1. The lowest BCUT2D eigenvalue weighted by molar-refractivity contribution is 0.396. The molecular formula is C20H25IN4O2S. The fraction of sp³-hybridized carbons (Fsp3) is 0.300. The Morgan fingerprint density at radius 1 is 1.29 bits per heavy atom. The van der Waals surface area contributed by atoms with Crippen molar-refractivity contribution >= 4 is 41.3 Å². The number of benzene rings is 1. The molecule has 28 heavy (non-hydrogen) atoms. The zero-order valence-electron chi connectivity index (χ0n) is 16.2. The molecule has 3 rings (SSSR count). The molecule has 0 radical (unpaired) electrons. The molecule has 0 bridgehead atoms. The third-order valence-electron chi connectivity index (χ3n) is 3.97. The maximum Gasteiger partial charge on any atom is 0.236 e. The predicted octanol–water partition coefficient (Wildman–Crippen LogP) is 4.63. The monoisotopic (exact) mass is 512 g/mol. The second kappa shape index (κ2) is 11.1. The third-order valence-corrected chi connectivity index (χ3v) is 4.83. The van der Waals surface area contributed by atoms with Crippen LogP contribution < -0.4 is 10.1 Å². The van der Waals surface area contributed by atoms with Gasteiger partial charge in [0.05, 0.1) is 18.5 Å². The van der Waals surface area contributed by atoms with Gasteiger partial charge in [-0.15, -0.1) is 35.3 Å². The number of oxazole rings is 1. The van der Waals surface area contributed by atoms with Gasteiger partial charge in [0.15, 0.2) is 5.96 Å². The molecular weight excluding hydrogens is 487 g/mol. The molecule has 0 atom stereocenters. The number of nitrogens with zero attached hydrogens (tertiary/aromatic N) is 3. The maximum atomic E-state index is 5.57. The average Bonchev–Trinajstić information content (AvgIpc) is 3.37. The molecule has 2 aromatic heterocycles. The van der Waals surface area contributed by atoms with Crippen molar-refractivity contribution in [2.45, 2.75) is 20.0 Å². The van der Waals surface area contributed by atoms with Crippen molar-refractivity contribution in [3.63, 3.8) is 0 Å². The number of hydrogen-bond donors (Lipinski definition) is 1. The third kappa shape index (κ3) is 5.71. The van der Waals surface area contributed by atoms with E-state index in [1.54, 1.807) is 24.7 Å². The molecule has 0 saturated heterocycles. The van der Waals surface area contributed by atoms with Crippen LogP contribution in [0.5, 0.6) is 5.75 Å². The van der Waals surface area contributed by atoms with Crippen molar-refractivity contribution in [3.05, 3.63) is 59.3 Å². The van der Waals surface area contributed by atoms with Crippen molar-refractivity contribution in [2.75, 3.05) is 20.7 Å². The Kier molecular flexibility index (Phi) is 8.78. The average molecular weight is 512 g/mol. The largest absolute Gasteiger partial charge is 0.496 e. The lowest BCUT2D eigenvalue weighted by atomic mass is 10.2. The van der Waals surface area contributed by atoms with E-state index in [1.807, 2.05) is 42.8 Å². The minimum atomic E-state index is 0. The molecule has 0 aliphatic carbocycles. The molecule has 0 saturated carbocycles. The van der Waals surface area contributed by atoms with Crippen LogP contribution in [-0.2, 0) is 13.1 Å².